The first kappa shape index (κ1) is 15.3. The number of carbonyl (C=O) groups is 1. The predicted molar refractivity (Wildman–Crippen MR) is 90.8 cm³/mol. The van der Waals surface area contributed by atoms with Crippen molar-refractivity contribution in [3.63, 3.8) is 0 Å². The fourth-order valence-electron chi connectivity index (χ4n) is 2.61. The second-order valence-corrected chi connectivity index (χ2v) is 5.46. The monoisotopic (exact) mass is 306 g/mol. The lowest BCUT2D eigenvalue weighted by Crippen LogP contribution is -2.11. The molecule has 3 aromatic carbocycles. The van der Waals surface area contributed by atoms with Gasteiger partial charge < -0.3 is 9.84 Å². The molecule has 1 N–H and O–H groups in total. The summed E-state index contributed by atoms with van der Waals surface area (Å²) in [7, 11) is 0. The maximum absolute atomic E-state index is 11.9. The van der Waals surface area contributed by atoms with Crippen molar-refractivity contribution in [3.8, 4) is 5.75 Å². The van der Waals surface area contributed by atoms with E-state index in [0.29, 0.717) is 11.3 Å². The fourth-order valence-corrected chi connectivity index (χ4v) is 2.61. The number of fused-ring (bicyclic) bond motifs is 1. The van der Waals surface area contributed by atoms with Crippen LogP contribution in [0.3, 0.4) is 0 Å². The molecule has 1 atom stereocenters. The second-order valence-electron chi connectivity index (χ2n) is 5.46. The molecule has 3 aromatic rings. The Morgan fingerprint density at radius 3 is 2.43 bits per heavy atom. The first-order chi connectivity index (χ1) is 11.2. The Morgan fingerprint density at radius 1 is 1.00 bits per heavy atom. The number of benzene rings is 3. The average molecular weight is 306 g/mol. The van der Waals surface area contributed by atoms with Gasteiger partial charge in [-0.25, -0.2) is 0 Å². The van der Waals surface area contributed by atoms with Crippen LogP contribution >= 0.6 is 0 Å². The highest BCUT2D eigenvalue weighted by Gasteiger charge is 2.15. The van der Waals surface area contributed by atoms with Gasteiger partial charge in [0, 0.05) is 5.39 Å². The molecule has 0 spiro atoms. The average Bonchev–Trinajstić information content (AvgIpc) is 2.59. The number of carbonyl (C=O) groups excluding carboxylic acids is 1. The summed E-state index contributed by atoms with van der Waals surface area (Å²) < 4.78 is 5.86. The molecular formula is C20H18O3. The smallest absolute Gasteiger partial charge is 0.163 e. The Hall–Kier alpha value is -2.65. The molecule has 3 rings (SSSR count). The zero-order valence-electron chi connectivity index (χ0n) is 12.9. The predicted octanol–water partition coefficient (Wildman–Crippen LogP) is 4.15. The van der Waals surface area contributed by atoms with Crippen molar-refractivity contribution in [2.75, 3.05) is 6.61 Å². The van der Waals surface area contributed by atoms with Gasteiger partial charge in [-0.3, -0.25) is 4.79 Å². The van der Waals surface area contributed by atoms with Gasteiger partial charge in [0.25, 0.3) is 0 Å². The zero-order chi connectivity index (χ0) is 16.2. The van der Waals surface area contributed by atoms with Crippen LogP contribution in [-0.2, 0) is 0 Å². The van der Waals surface area contributed by atoms with Gasteiger partial charge >= 0.3 is 0 Å². The number of hydrogen-bond acceptors (Lipinski definition) is 3. The lowest BCUT2D eigenvalue weighted by Gasteiger charge is -2.16. The summed E-state index contributed by atoms with van der Waals surface area (Å²) in [6.07, 6.45) is -0.741. The van der Waals surface area contributed by atoms with E-state index in [9.17, 15) is 9.90 Å². The van der Waals surface area contributed by atoms with Crippen LogP contribution in [-0.4, -0.2) is 17.5 Å². The molecule has 0 bridgehead atoms. The molecule has 0 aliphatic carbocycles. The molecule has 0 amide bonds. The number of ketones is 1. The summed E-state index contributed by atoms with van der Waals surface area (Å²) in [6.45, 7) is 1.61. The van der Waals surface area contributed by atoms with Gasteiger partial charge in [-0.15, -0.1) is 0 Å². The Morgan fingerprint density at radius 2 is 1.70 bits per heavy atom. The van der Waals surface area contributed by atoms with Crippen LogP contribution < -0.4 is 4.74 Å². The molecule has 0 heterocycles. The van der Waals surface area contributed by atoms with Gasteiger partial charge in [-0.1, -0.05) is 60.7 Å². The van der Waals surface area contributed by atoms with E-state index in [2.05, 4.69) is 0 Å². The molecule has 0 aromatic heterocycles. The lowest BCUT2D eigenvalue weighted by molar-refractivity contribution is 0.0980. The highest BCUT2D eigenvalue weighted by molar-refractivity contribution is 6.03. The molecule has 23 heavy (non-hydrogen) atoms. The van der Waals surface area contributed by atoms with E-state index in [0.717, 1.165) is 16.3 Å². The minimum Gasteiger partial charge on any atom is -0.489 e. The molecule has 0 radical (unpaired) electrons. The summed E-state index contributed by atoms with van der Waals surface area (Å²) in [5.74, 6) is 0.477. The SMILES string of the molecule is CC(=O)c1ccc2ccccc2c1OC[C@H](O)c1ccccc1. The minimum absolute atomic E-state index is 0.0556. The fraction of sp³-hybridized carbons (Fsp3) is 0.150. The Balaban J connectivity index is 1.92. The van der Waals surface area contributed by atoms with Gasteiger partial charge in [0.05, 0.1) is 5.56 Å². The van der Waals surface area contributed by atoms with E-state index >= 15 is 0 Å². The van der Waals surface area contributed by atoms with Gasteiger partial charge in [0.2, 0.25) is 0 Å². The summed E-state index contributed by atoms with van der Waals surface area (Å²) in [6, 6.07) is 20.8. The van der Waals surface area contributed by atoms with Crippen LogP contribution in [0.15, 0.2) is 66.7 Å². The molecule has 0 saturated heterocycles. The van der Waals surface area contributed by atoms with Crippen molar-refractivity contribution in [3.05, 3.63) is 77.9 Å². The quantitative estimate of drug-likeness (QED) is 0.720. The summed E-state index contributed by atoms with van der Waals surface area (Å²) in [4.78, 5) is 11.9. The number of hydrogen-bond donors (Lipinski definition) is 1. The minimum atomic E-state index is -0.741. The Labute approximate surface area is 135 Å². The van der Waals surface area contributed by atoms with Crippen molar-refractivity contribution in [2.45, 2.75) is 13.0 Å². The van der Waals surface area contributed by atoms with Crippen LogP contribution in [0.2, 0.25) is 0 Å². The third-order valence-corrected chi connectivity index (χ3v) is 3.83. The molecule has 0 saturated carbocycles. The van der Waals surface area contributed by atoms with Crippen molar-refractivity contribution in [1.82, 2.24) is 0 Å². The molecule has 0 fully saturated rings. The van der Waals surface area contributed by atoms with Crippen LogP contribution in [0, 0.1) is 0 Å². The maximum atomic E-state index is 11.9. The van der Waals surface area contributed by atoms with Crippen molar-refractivity contribution in [1.29, 1.82) is 0 Å². The second kappa shape index (κ2) is 6.63. The largest absolute Gasteiger partial charge is 0.489 e. The number of aliphatic hydroxyl groups excluding tert-OH is 1. The molecule has 116 valence electrons. The number of aliphatic hydroxyl groups is 1. The third kappa shape index (κ3) is 3.25. The summed E-state index contributed by atoms with van der Waals surface area (Å²) in [5.41, 5.74) is 1.32. The Bertz CT molecular complexity index is 825. The first-order valence-electron chi connectivity index (χ1n) is 7.55. The van der Waals surface area contributed by atoms with E-state index in [1.54, 1.807) is 6.07 Å². The zero-order valence-corrected chi connectivity index (χ0v) is 12.9. The van der Waals surface area contributed by atoms with Gasteiger partial charge in [0.15, 0.2) is 5.78 Å². The highest BCUT2D eigenvalue weighted by atomic mass is 16.5. The van der Waals surface area contributed by atoms with Gasteiger partial charge in [-0.05, 0) is 23.9 Å². The van der Waals surface area contributed by atoms with Crippen molar-refractivity contribution in [2.24, 2.45) is 0 Å². The van der Waals surface area contributed by atoms with Gasteiger partial charge in [-0.2, -0.15) is 0 Å². The molecule has 3 nitrogen and oxygen atoms in total. The first-order valence-corrected chi connectivity index (χ1v) is 7.55. The normalized spacial score (nSPS) is 12.1. The number of rotatable bonds is 5. The van der Waals surface area contributed by atoms with E-state index in [4.69, 9.17) is 4.74 Å². The van der Waals surface area contributed by atoms with E-state index in [1.165, 1.54) is 6.92 Å². The number of Topliss-reactive ketones (excluding diaryl/α,β-unsaturated/α-hetero) is 1. The number of ether oxygens (including phenoxy) is 1. The van der Waals surface area contributed by atoms with Crippen LogP contribution in [0.25, 0.3) is 10.8 Å². The standard InChI is InChI=1S/C20H18O3/c1-14(21)17-12-11-15-7-5-6-10-18(15)20(17)23-13-19(22)16-8-3-2-4-9-16/h2-12,19,22H,13H2,1H3/t19-/m0/s1. The highest BCUT2D eigenvalue weighted by Crippen LogP contribution is 2.31. The van der Waals surface area contributed by atoms with E-state index in [-0.39, 0.29) is 12.4 Å². The third-order valence-electron chi connectivity index (χ3n) is 3.83. The van der Waals surface area contributed by atoms with Gasteiger partial charge in [0.1, 0.15) is 18.5 Å². The molecular weight excluding hydrogens is 288 g/mol. The topological polar surface area (TPSA) is 46.5 Å². The molecule has 0 aliphatic heterocycles. The lowest BCUT2D eigenvalue weighted by atomic mass is 10.0. The van der Waals surface area contributed by atoms with Crippen LogP contribution in [0.1, 0.15) is 28.9 Å². The maximum Gasteiger partial charge on any atom is 0.163 e. The van der Waals surface area contributed by atoms with Crippen LogP contribution in [0.5, 0.6) is 5.75 Å². The van der Waals surface area contributed by atoms with Crippen LogP contribution in [0.4, 0.5) is 0 Å². The molecule has 3 heteroatoms. The molecule has 0 aliphatic rings. The van der Waals surface area contributed by atoms with E-state index in [1.807, 2.05) is 60.7 Å². The van der Waals surface area contributed by atoms with E-state index < -0.39 is 6.10 Å². The summed E-state index contributed by atoms with van der Waals surface area (Å²) >= 11 is 0. The van der Waals surface area contributed by atoms with Crippen molar-refractivity contribution < 1.29 is 14.6 Å². The summed E-state index contributed by atoms with van der Waals surface area (Å²) in [5, 5.41) is 12.2. The molecule has 0 unspecified atom stereocenters. The Kier molecular flexibility index (Phi) is 4.40. The van der Waals surface area contributed by atoms with Crippen molar-refractivity contribution >= 4 is 16.6 Å².